The molecular weight excluding hydrogens is 331 g/mol. The number of benzene rings is 1. The van der Waals surface area contributed by atoms with Crippen molar-refractivity contribution >= 4 is 17.6 Å². The Morgan fingerprint density at radius 1 is 1.12 bits per heavy atom. The fraction of sp³-hybridized carbons (Fsp3) is 0.333. The second-order valence-electron chi connectivity index (χ2n) is 4.57. The standard InChI is InChI=1S/C15H16F3NO5/c1-8-5-9(6-10(13(8)23-3)15(16,17)18)19-11(14(21)24-4)7-12(20)22-2/h5-7,19H,1-4H3/b11-7+. The summed E-state index contributed by atoms with van der Waals surface area (Å²) >= 11 is 0. The van der Waals surface area contributed by atoms with Crippen molar-refractivity contribution < 1.29 is 37.0 Å². The van der Waals surface area contributed by atoms with E-state index < -0.39 is 23.7 Å². The molecule has 0 aliphatic carbocycles. The number of hydrogen-bond acceptors (Lipinski definition) is 6. The summed E-state index contributed by atoms with van der Waals surface area (Å²) in [6, 6.07) is 2.10. The summed E-state index contributed by atoms with van der Waals surface area (Å²) in [4.78, 5) is 22.9. The molecule has 0 spiro atoms. The molecule has 0 aromatic heterocycles. The van der Waals surface area contributed by atoms with Crippen molar-refractivity contribution in [2.24, 2.45) is 0 Å². The third-order valence-corrected chi connectivity index (χ3v) is 2.93. The first-order valence-electron chi connectivity index (χ1n) is 6.54. The predicted molar refractivity (Wildman–Crippen MR) is 78.5 cm³/mol. The lowest BCUT2D eigenvalue weighted by atomic mass is 10.1. The van der Waals surface area contributed by atoms with Crippen LogP contribution >= 0.6 is 0 Å². The molecule has 0 amide bonds. The number of aryl methyl sites for hydroxylation is 1. The van der Waals surface area contributed by atoms with Crippen molar-refractivity contribution in [2.45, 2.75) is 13.1 Å². The van der Waals surface area contributed by atoms with Crippen LogP contribution in [0.5, 0.6) is 5.75 Å². The lowest BCUT2D eigenvalue weighted by Crippen LogP contribution is -2.16. The molecule has 0 aliphatic heterocycles. The van der Waals surface area contributed by atoms with Crippen LogP contribution < -0.4 is 10.1 Å². The van der Waals surface area contributed by atoms with E-state index in [0.717, 1.165) is 33.5 Å². The monoisotopic (exact) mass is 347 g/mol. The number of methoxy groups -OCH3 is 3. The number of anilines is 1. The van der Waals surface area contributed by atoms with Gasteiger partial charge >= 0.3 is 18.1 Å². The van der Waals surface area contributed by atoms with Crippen molar-refractivity contribution in [3.05, 3.63) is 35.0 Å². The van der Waals surface area contributed by atoms with Crippen molar-refractivity contribution in [2.75, 3.05) is 26.6 Å². The Bertz CT molecular complexity index is 668. The zero-order valence-electron chi connectivity index (χ0n) is 13.4. The Morgan fingerprint density at radius 2 is 1.75 bits per heavy atom. The molecule has 0 radical (unpaired) electrons. The maximum Gasteiger partial charge on any atom is 0.420 e. The highest BCUT2D eigenvalue weighted by atomic mass is 19.4. The van der Waals surface area contributed by atoms with Gasteiger partial charge in [0, 0.05) is 5.69 Å². The maximum atomic E-state index is 13.1. The molecule has 0 fully saturated rings. The summed E-state index contributed by atoms with van der Waals surface area (Å²) in [7, 11) is 3.28. The molecule has 6 nitrogen and oxygen atoms in total. The summed E-state index contributed by atoms with van der Waals surface area (Å²) in [5.74, 6) is -2.14. The molecule has 9 heteroatoms. The summed E-state index contributed by atoms with van der Waals surface area (Å²) in [6.07, 6.45) is -3.88. The van der Waals surface area contributed by atoms with Crippen molar-refractivity contribution in [1.29, 1.82) is 0 Å². The van der Waals surface area contributed by atoms with Crippen LogP contribution in [0, 0.1) is 6.92 Å². The molecule has 1 rings (SSSR count). The Kier molecular flexibility index (Phi) is 6.21. The van der Waals surface area contributed by atoms with Gasteiger partial charge < -0.3 is 19.5 Å². The van der Waals surface area contributed by atoms with E-state index in [4.69, 9.17) is 4.74 Å². The highest BCUT2D eigenvalue weighted by molar-refractivity contribution is 5.98. The van der Waals surface area contributed by atoms with Gasteiger partial charge in [-0.05, 0) is 24.6 Å². The fourth-order valence-corrected chi connectivity index (χ4v) is 1.92. The van der Waals surface area contributed by atoms with E-state index in [0.29, 0.717) is 0 Å². The van der Waals surface area contributed by atoms with Gasteiger partial charge in [-0.2, -0.15) is 13.2 Å². The first-order valence-corrected chi connectivity index (χ1v) is 6.54. The molecule has 0 unspecified atom stereocenters. The van der Waals surface area contributed by atoms with Crippen LogP contribution in [0.15, 0.2) is 23.9 Å². The van der Waals surface area contributed by atoms with Crippen LogP contribution in [0.4, 0.5) is 18.9 Å². The third kappa shape index (κ3) is 4.64. The highest BCUT2D eigenvalue weighted by Gasteiger charge is 2.35. The van der Waals surface area contributed by atoms with Crippen molar-refractivity contribution in [3.8, 4) is 5.75 Å². The number of esters is 2. The van der Waals surface area contributed by atoms with E-state index in [1.165, 1.54) is 13.0 Å². The predicted octanol–water partition coefficient (Wildman–Crippen LogP) is 2.66. The lowest BCUT2D eigenvalue weighted by molar-refractivity contribution is -0.139. The molecule has 1 N–H and O–H groups in total. The summed E-state index contributed by atoms with van der Waals surface area (Å²) in [5, 5.41) is 2.43. The van der Waals surface area contributed by atoms with Gasteiger partial charge in [0.05, 0.1) is 33.0 Å². The quantitative estimate of drug-likeness (QED) is 0.652. The van der Waals surface area contributed by atoms with E-state index >= 15 is 0 Å². The van der Waals surface area contributed by atoms with Crippen LogP contribution in [0.1, 0.15) is 11.1 Å². The van der Waals surface area contributed by atoms with E-state index in [9.17, 15) is 22.8 Å². The van der Waals surface area contributed by atoms with Gasteiger partial charge in [0.2, 0.25) is 0 Å². The van der Waals surface area contributed by atoms with Crippen molar-refractivity contribution in [1.82, 2.24) is 0 Å². The van der Waals surface area contributed by atoms with E-state index in [1.807, 2.05) is 0 Å². The minimum Gasteiger partial charge on any atom is -0.496 e. The maximum absolute atomic E-state index is 13.1. The zero-order valence-corrected chi connectivity index (χ0v) is 13.4. The van der Waals surface area contributed by atoms with Crippen molar-refractivity contribution in [3.63, 3.8) is 0 Å². The molecule has 0 saturated carbocycles. The lowest BCUT2D eigenvalue weighted by Gasteiger charge is -2.17. The van der Waals surface area contributed by atoms with Crippen LogP contribution in [0.2, 0.25) is 0 Å². The number of nitrogens with one attached hydrogen (secondary N) is 1. The second-order valence-corrected chi connectivity index (χ2v) is 4.57. The summed E-state index contributed by atoms with van der Waals surface area (Å²) in [5.41, 5.74) is -1.27. The highest BCUT2D eigenvalue weighted by Crippen LogP contribution is 2.40. The molecule has 132 valence electrons. The number of alkyl halides is 3. The fourth-order valence-electron chi connectivity index (χ4n) is 1.92. The molecule has 0 saturated heterocycles. The van der Waals surface area contributed by atoms with Crippen LogP contribution in [0.3, 0.4) is 0 Å². The molecule has 1 aromatic carbocycles. The third-order valence-electron chi connectivity index (χ3n) is 2.93. The minimum atomic E-state index is -4.66. The molecular formula is C15H16F3NO5. The number of hydrogen-bond donors (Lipinski definition) is 1. The largest absolute Gasteiger partial charge is 0.496 e. The molecule has 0 heterocycles. The number of ether oxygens (including phenoxy) is 3. The molecule has 0 atom stereocenters. The van der Waals surface area contributed by atoms with Crippen LogP contribution in [0.25, 0.3) is 0 Å². The van der Waals surface area contributed by atoms with E-state index in [-0.39, 0.29) is 22.7 Å². The van der Waals surface area contributed by atoms with Gasteiger partial charge in [0.25, 0.3) is 0 Å². The number of halogens is 3. The Morgan fingerprint density at radius 3 is 2.21 bits per heavy atom. The van der Waals surface area contributed by atoms with Gasteiger partial charge in [0.1, 0.15) is 11.4 Å². The zero-order chi connectivity index (χ0) is 18.5. The molecule has 0 aliphatic rings. The first kappa shape index (κ1) is 19.3. The molecule has 0 bridgehead atoms. The second kappa shape index (κ2) is 7.71. The molecule has 24 heavy (non-hydrogen) atoms. The van der Waals surface area contributed by atoms with E-state index in [2.05, 4.69) is 14.8 Å². The Hall–Kier alpha value is -2.71. The average Bonchev–Trinajstić information content (AvgIpc) is 2.51. The van der Waals surface area contributed by atoms with Gasteiger partial charge in [0.15, 0.2) is 0 Å². The minimum absolute atomic E-state index is 0.0684. The normalized spacial score (nSPS) is 11.7. The van der Waals surface area contributed by atoms with E-state index in [1.54, 1.807) is 0 Å². The average molecular weight is 347 g/mol. The van der Waals surface area contributed by atoms with Gasteiger partial charge in [-0.25, -0.2) is 9.59 Å². The van der Waals surface area contributed by atoms with Gasteiger partial charge in [-0.3, -0.25) is 0 Å². The van der Waals surface area contributed by atoms with Crippen LogP contribution in [-0.2, 0) is 25.2 Å². The van der Waals surface area contributed by atoms with Gasteiger partial charge in [-0.1, -0.05) is 0 Å². The van der Waals surface area contributed by atoms with Gasteiger partial charge in [-0.15, -0.1) is 0 Å². The summed E-state index contributed by atoms with van der Waals surface area (Å²) in [6.45, 7) is 1.42. The topological polar surface area (TPSA) is 73.9 Å². The SMILES string of the molecule is COC(=O)/C=C(/Nc1cc(C)c(OC)c(C(F)(F)F)c1)C(=O)OC. The summed E-state index contributed by atoms with van der Waals surface area (Å²) < 4.78 is 53.1. The Balaban J connectivity index is 3.35. The number of carbonyl (C=O) groups excluding carboxylic acids is 2. The smallest absolute Gasteiger partial charge is 0.420 e. The van der Waals surface area contributed by atoms with Crippen LogP contribution in [-0.4, -0.2) is 33.3 Å². The molecule has 1 aromatic rings. The number of carbonyl (C=O) groups is 2. The first-order chi connectivity index (χ1) is 11.1. The Labute approximate surface area is 136 Å². The number of rotatable bonds is 5.